The van der Waals surface area contributed by atoms with Gasteiger partial charge in [-0.05, 0) is 27.2 Å². The number of hydrogen-bond donors (Lipinski definition) is 5. The van der Waals surface area contributed by atoms with Gasteiger partial charge in [0.05, 0.1) is 280 Å². The van der Waals surface area contributed by atoms with Crippen LogP contribution in [-0.2, 0) is 167 Å². The van der Waals surface area contributed by atoms with E-state index in [-0.39, 0.29) is 196 Å². The summed E-state index contributed by atoms with van der Waals surface area (Å²) in [5, 5.41) is 14.0. The molecule has 0 unspecified atom stereocenters. The van der Waals surface area contributed by atoms with Crippen LogP contribution in [0.2, 0.25) is 0 Å². The summed E-state index contributed by atoms with van der Waals surface area (Å²) in [6, 6.07) is 0. The summed E-state index contributed by atoms with van der Waals surface area (Å²) >= 11 is 0. The molecule has 41 heteroatoms. The molecule has 0 aromatic carbocycles. The summed E-state index contributed by atoms with van der Waals surface area (Å²) in [7, 11) is 10.7. The number of alkyl carbamates (subject to hydrolysis) is 1. The minimum Gasteiger partial charge on any atom is -0.469 e. The highest BCUT2D eigenvalue weighted by Gasteiger charge is 2.39. The van der Waals surface area contributed by atoms with E-state index in [0.29, 0.717) is 0 Å². The van der Waals surface area contributed by atoms with Crippen molar-refractivity contribution in [1.82, 2.24) is 26.6 Å². The number of hydrogen-bond acceptors (Lipinski definition) is 36. The molecule has 640 valence electrons. The van der Waals surface area contributed by atoms with Crippen molar-refractivity contribution in [2.24, 2.45) is 0 Å². The minimum absolute atomic E-state index is 0.0388. The number of amides is 5. The molecule has 0 aliphatic rings. The summed E-state index contributed by atoms with van der Waals surface area (Å²) < 4.78 is 119. The highest BCUT2D eigenvalue weighted by Crippen LogP contribution is 2.18. The largest absolute Gasteiger partial charge is 0.469 e. The van der Waals surface area contributed by atoms with Gasteiger partial charge < -0.3 is 131 Å². The van der Waals surface area contributed by atoms with Crippen LogP contribution in [0.1, 0.15) is 111 Å². The van der Waals surface area contributed by atoms with Gasteiger partial charge in [-0.15, -0.1) is 0 Å². The van der Waals surface area contributed by atoms with Crippen molar-refractivity contribution in [3.8, 4) is 0 Å². The van der Waals surface area contributed by atoms with Crippen molar-refractivity contribution in [2.45, 2.75) is 138 Å². The highest BCUT2D eigenvalue weighted by atomic mass is 16.6. The topological polar surface area (TPSA) is 502 Å². The number of ether oxygens (including phenoxy) is 22. The van der Waals surface area contributed by atoms with Gasteiger partial charge in [0.2, 0.25) is 23.6 Å². The standard InChI is InChI=1S/C70H119N5O36/c1-66(2,3)111-65(89)71-27-13-14-52(76)72-67(40-99-28-15-53(77)73-68(43-102-31-18-56(80)90-4,44-103-32-19-57(81)91-5)45-104-33-20-58(82)92-6,41-100-29-16-54(78)74-69(46-105-34-21-59(83)93-7,47-106-35-22-60(84)94-8)48-107-36-23-61(85)95-9)42-101-30-17-55(79)75-70(49-108-37-24-62(86)96-10,50-109-38-25-63(87)97-11)51-110-39-26-64(88)98-12/h13-51H2,1-12H3,(H,71,89)(H,72,76)(H,73,77)(H,74,78)(H,75,79). The molecule has 111 heavy (non-hydrogen) atoms. The fourth-order valence-electron chi connectivity index (χ4n) is 9.14. The quantitative estimate of drug-likeness (QED) is 0.0281. The first-order chi connectivity index (χ1) is 52.9. The second kappa shape index (κ2) is 61.5. The van der Waals surface area contributed by atoms with Crippen LogP contribution in [0.3, 0.4) is 0 Å². The van der Waals surface area contributed by atoms with Crippen molar-refractivity contribution in [3.05, 3.63) is 0 Å². The number of methoxy groups -OCH3 is 9. The molecular weight excluding hydrogens is 1490 g/mol. The van der Waals surface area contributed by atoms with E-state index in [2.05, 4.69) is 26.6 Å². The zero-order valence-electron chi connectivity index (χ0n) is 66.3. The van der Waals surface area contributed by atoms with Gasteiger partial charge in [-0.25, -0.2) is 4.79 Å². The lowest BCUT2D eigenvalue weighted by molar-refractivity contribution is -0.145. The Morgan fingerprint density at radius 2 is 0.378 bits per heavy atom. The van der Waals surface area contributed by atoms with Crippen LogP contribution in [-0.4, -0.2) is 340 Å². The summed E-state index contributed by atoms with van der Waals surface area (Å²) in [6.07, 6.45) is -4.05. The van der Waals surface area contributed by atoms with Gasteiger partial charge in [0.15, 0.2) is 0 Å². The number of carbonyl (C=O) groups excluding carboxylic acids is 14. The van der Waals surface area contributed by atoms with E-state index in [1.807, 2.05) is 0 Å². The number of carbonyl (C=O) groups is 14. The smallest absolute Gasteiger partial charge is 0.407 e. The SMILES string of the molecule is COC(=O)CCOCC(COCCC(=O)OC)(COCCC(=O)OC)NC(=O)CCOCC(COCCC(=O)NC(COCCC(=O)OC)(COCCC(=O)OC)COCCC(=O)OC)(COCCC(=O)NC(COCCC(=O)OC)(COCCC(=O)OC)COCCC(=O)OC)NC(=O)CCCNC(=O)OC(C)(C)C. The Morgan fingerprint density at radius 3 is 0.532 bits per heavy atom. The Hall–Kier alpha value is -8.10. The van der Waals surface area contributed by atoms with Gasteiger partial charge >= 0.3 is 59.8 Å². The Balaban J connectivity index is 7.95. The third-order valence-corrected chi connectivity index (χ3v) is 14.9. The summed E-state index contributed by atoms with van der Waals surface area (Å²) in [5.74, 6) is -8.26. The van der Waals surface area contributed by atoms with Crippen molar-refractivity contribution < 1.29 is 171 Å². The molecule has 0 aromatic heterocycles. The van der Waals surface area contributed by atoms with Crippen LogP contribution in [0.5, 0.6) is 0 Å². The van der Waals surface area contributed by atoms with Crippen LogP contribution in [0, 0.1) is 0 Å². The van der Waals surface area contributed by atoms with E-state index < -0.39 is 170 Å². The van der Waals surface area contributed by atoms with Crippen LogP contribution in [0.4, 0.5) is 4.79 Å². The Kier molecular flexibility index (Phi) is 57.0. The van der Waals surface area contributed by atoms with E-state index >= 15 is 0 Å². The lowest BCUT2D eigenvalue weighted by Gasteiger charge is -2.36. The zero-order valence-corrected chi connectivity index (χ0v) is 66.3. The molecule has 0 saturated heterocycles. The van der Waals surface area contributed by atoms with E-state index in [1.165, 1.54) is 64.0 Å². The second-order valence-corrected chi connectivity index (χ2v) is 25.7. The Morgan fingerprint density at radius 1 is 0.225 bits per heavy atom. The molecule has 0 rings (SSSR count). The van der Waals surface area contributed by atoms with Gasteiger partial charge in [-0.2, -0.15) is 0 Å². The molecule has 0 spiro atoms. The molecule has 0 fully saturated rings. The third-order valence-electron chi connectivity index (χ3n) is 14.9. The maximum atomic E-state index is 14.3. The monoisotopic (exact) mass is 1610 g/mol. The van der Waals surface area contributed by atoms with E-state index in [4.69, 9.17) is 104 Å². The fraction of sp³-hybridized carbons (Fsp3) is 0.800. The summed E-state index contributed by atoms with van der Waals surface area (Å²) in [5.41, 5.74) is -7.39. The molecule has 0 heterocycles. The van der Waals surface area contributed by atoms with Crippen LogP contribution < -0.4 is 26.6 Å². The lowest BCUT2D eigenvalue weighted by Crippen LogP contribution is -2.60. The predicted molar refractivity (Wildman–Crippen MR) is 380 cm³/mol. The van der Waals surface area contributed by atoms with E-state index in [1.54, 1.807) is 20.8 Å². The number of nitrogens with one attached hydrogen (secondary N) is 5. The molecule has 0 saturated carbocycles. The zero-order chi connectivity index (χ0) is 83.3. The Labute approximate surface area is 646 Å². The van der Waals surface area contributed by atoms with Gasteiger partial charge in [0.1, 0.15) is 27.8 Å². The molecule has 0 aliphatic carbocycles. The van der Waals surface area contributed by atoms with Gasteiger partial charge in [-0.3, -0.25) is 62.3 Å². The van der Waals surface area contributed by atoms with Crippen molar-refractivity contribution in [1.29, 1.82) is 0 Å². The first-order valence-electron chi connectivity index (χ1n) is 35.6. The average Bonchev–Trinajstić information content (AvgIpc) is 0.866. The molecule has 0 bridgehead atoms. The molecule has 0 atom stereocenters. The molecule has 5 N–H and O–H groups in total. The summed E-state index contributed by atoms with van der Waals surface area (Å²) in [6.45, 7) is -2.94. The fourth-order valence-corrected chi connectivity index (χ4v) is 9.14. The van der Waals surface area contributed by atoms with E-state index in [0.717, 1.165) is 0 Å². The van der Waals surface area contributed by atoms with Crippen molar-refractivity contribution in [2.75, 3.05) is 229 Å². The molecular formula is C70H119N5O36. The first kappa shape index (κ1) is 103. The molecule has 0 radical (unpaired) electrons. The number of esters is 9. The van der Waals surface area contributed by atoms with Gasteiger partial charge in [-0.1, -0.05) is 0 Å². The Bertz CT molecular complexity index is 2330. The maximum Gasteiger partial charge on any atom is 0.407 e. The lowest BCUT2D eigenvalue weighted by atomic mass is 10.0. The van der Waals surface area contributed by atoms with Crippen molar-refractivity contribution >= 4 is 83.4 Å². The number of rotatable bonds is 68. The molecule has 0 aliphatic heterocycles. The predicted octanol–water partition coefficient (Wildman–Crippen LogP) is -0.851. The maximum absolute atomic E-state index is 14.3. The third kappa shape index (κ3) is 53.5. The molecule has 41 nitrogen and oxygen atoms in total. The second-order valence-electron chi connectivity index (χ2n) is 25.7. The van der Waals surface area contributed by atoms with Crippen LogP contribution in [0.25, 0.3) is 0 Å². The first-order valence-corrected chi connectivity index (χ1v) is 35.6. The molecule has 0 aromatic rings. The van der Waals surface area contributed by atoms with Crippen LogP contribution in [0.15, 0.2) is 0 Å². The van der Waals surface area contributed by atoms with Crippen LogP contribution >= 0.6 is 0 Å². The van der Waals surface area contributed by atoms with Gasteiger partial charge in [0.25, 0.3) is 0 Å². The normalized spacial score (nSPS) is 11.6. The average molecular weight is 1610 g/mol. The minimum atomic E-state index is -1.81. The van der Waals surface area contributed by atoms with E-state index in [9.17, 15) is 67.1 Å². The van der Waals surface area contributed by atoms with Crippen molar-refractivity contribution in [3.63, 3.8) is 0 Å². The molecule has 5 amide bonds. The summed E-state index contributed by atoms with van der Waals surface area (Å²) in [4.78, 5) is 178. The van der Waals surface area contributed by atoms with Gasteiger partial charge in [0, 0.05) is 32.2 Å². The highest BCUT2D eigenvalue weighted by molar-refractivity contribution is 5.79.